The van der Waals surface area contributed by atoms with E-state index < -0.39 is 40.8 Å². The molecular formula is C55H31F9N4. The first kappa shape index (κ1) is 43.6. The van der Waals surface area contributed by atoms with Crippen LogP contribution in [0.15, 0.2) is 152 Å². The summed E-state index contributed by atoms with van der Waals surface area (Å²) in [5, 5.41) is 14.2. The third kappa shape index (κ3) is 7.19. The third-order valence-electron chi connectivity index (χ3n) is 12.5. The normalized spacial score (nSPS) is 12.3. The Kier molecular flexibility index (Phi) is 10.0. The van der Waals surface area contributed by atoms with Gasteiger partial charge in [0.15, 0.2) is 5.69 Å². The fraction of sp³-hybridized carbons (Fsp3) is 0.0909. The number of rotatable bonds is 5. The zero-order valence-corrected chi connectivity index (χ0v) is 35.6. The van der Waals surface area contributed by atoms with Gasteiger partial charge in [-0.15, -0.1) is 0 Å². The van der Waals surface area contributed by atoms with Gasteiger partial charge in [-0.25, -0.2) is 4.85 Å². The summed E-state index contributed by atoms with van der Waals surface area (Å²) in [5.41, 5.74) is 1.94. The zero-order chi connectivity index (χ0) is 48.0. The Labute approximate surface area is 381 Å². The zero-order valence-electron chi connectivity index (χ0n) is 35.6. The Bertz CT molecular complexity index is 3820. The second kappa shape index (κ2) is 15.7. The SMILES string of the molecule is [C-]#[N+]c1cc(C(F)(F)F)ccc1-c1cc(-n2c3ccccc3c3ccc(-c4ccc(C)cc4C)cc32)c(C#N)c(-n2c3ccccc3c3ccc(-c4ccc(C(F)(F)F)cc4C(F)(F)F)cc32)c1. The van der Waals surface area contributed by atoms with E-state index in [9.17, 15) is 44.8 Å². The second-order valence-corrected chi connectivity index (χ2v) is 16.6. The fourth-order valence-electron chi connectivity index (χ4n) is 9.42. The number of fused-ring (bicyclic) bond motifs is 6. The first-order valence-electron chi connectivity index (χ1n) is 21.0. The quantitative estimate of drug-likeness (QED) is 0.125. The van der Waals surface area contributed by atoms with Crippen LogP contribution >= 0.6 is 0 Å². The molecule has 0 saturated carbocycles. The van der Waals surface area contributed by atoms with Crippen molar-refractivity contribution in [3.63, 3.8) is 0 Å². The highest BCUT2D eigenvalue weighted by molar-refractivity contribution is 6.12. The molecule has 13 heteroatoms. The van der Waals surface area contributed by atoms with Gasteiger partial charge in [-0.1, -0.05) is 103 Å². The molecule has 2 heterocycles. The predicted octanol–water partition coefficient (Wildman–Crippen LogP) is 17.0. The number of halogens is 9. The van der Waals surface area contributed by atoms with Gasteiger partial charge in [0.25, 0.3) is 0 Å². The summed E-state index contributed by atoms with van der Waals surface area (Å²) in [5.74, 6) is 0. The van der Waals surface area contributed by atoms with Crippen LogP contribution in [0.2, 0.25) is 0 Å². The Morgan fingerprint density at radius 3 is 1.46 bits per heavy atom. The lowest BCUT2D eigenvalue weighted by Gasteiger charge is -2.20. The van der Waals surface area contributed by atoms with Crippen LogP contribution in [0.1, 0.15) is 33.4 Å². The molecule has 0 aliphatic heterocycles. The molecule has 8 aromatic carbocycles. The van der Waals surface area contributed by atoms with Crippen molar-refractivity contribution < 1.29 is 39.5 Å². The highest BCUT2D eigenvalue weighted by atomic mass is 19.4. The molecule has 0 aliphatic carbocycles. The van der Waals surface area contributed by atoms with Crippen LogP contribution in [0, 0.1) is 31.8 Å². The molecule has 10 aromatic rings. The van der Waals surface area contributed by atoms with Crippen LogP contribution in [-0.2, 0) is 18.5 Å². The molecule has 0 atom stereocenters. The van der Waals surface area contributed by atoms with Crippen LogP contribution in [-0.4, -0.2) is 9.13 Å². The van der Waals surface area contributed by atoms with E-state index in [1.54, 1.807) is 47.0 Å². The molecular weight excluding hydrogens is 888 g/mol. The van der Waals surface area contributed by atoms with Gasteiger partial charge in [0.2, 0.25) is 0 Å². The number of hydrogen-bond acceptors (Lipinski definition) is 1. The molecule has 0 unspecified atom stereocenters. The van der Waals surface area contributed by atoms with Crippen molar-refractivity contribution in [1.29, 1.82) is 5.26 Å². The smallest absolute Gasteiger partial charge is 0.308 e. The average molecular weight is 919 g/mol. The molecule has 0 bridgehead atoms. The number of alkyl halides is 9. The van der Waals surface area contributed by atoms with E-state index in [1.165, 1.54) is 18.2 Å². The number of nitrogens with zero attached hydrogens (tertiary/aromatic N) is 4. The van der Waals surface area contributed by atoms with Crippen LogP contribution in [0.5, 0.6) is 0 Å². The van der Waals surface area contributed by atoms with Crippen molar-refractivity contribution in [3.05, 3.63) is 196 Å². The van der Waals surface area contributed by atoms with E-state index >= 15 is 0 Å². The summed E-state index contributed by atoms with van der Waals surface area (Å²) in [6.45, 7) is 12.0. The fourth-order valence-corrected chi connectivity index (χ4v) is 9.42. The minimum atomic E-state index is -5.18. The molecule has 334 valence electrons. The Morgan fingerprint density at radius 1 is 0.471 bits per heavy atom. The Balaban J connectivity index is 1.34. The molecule has 0 saturated heterocycles. The summed E-state index contributed by atoms with van der Waals surface area (Å²) in [6.07, 6.45) is -15.0. The van der Waals surface area contributed by atoms with Crippen molar-refractivity contribution in [2.45, 2.75) is 32.4 Å². The van der Waals surface area contributed by atoms with E-state index in [-0.39, 0.29) is 50.9 Å². The summed E-state index contributed by atoms with van der Waals surface area (Å²) in [4.78, 5) is 3.51. The van der Waals surface area contributed by atoms with E-state index in [0.29, 0.717) is 33.4 Å². The lowest BCUT2D eigenvalue weighted by molar-refractivity contribution is -0.143. The van der Waals surface area contributed by atoms with Crippen molar-refractivity contribution >= 4 is 49.3 Å². The van der Waals surface area contributed by atoms with Gasteiger partial charge in [-0.3, -0.25) is 0 Å². The molecule has 68 heavy (non-hydrogen) atoms. The maximum Gasteiger partial charge on any atom is 0.417 e. The summed E-state index contributed by atoms with van der Waals surface area (Å²) in [6, 6.07) is 40.8. The van der Waals surface area contributed by atoms with Crippen LogP contribution in [0.25, 0.3) is 93.2 Å². The van der Waals surface area contributed by atoms with Gasteiger partial charge in [0.1, 0.15) is 11.6 Å². The predicted molar refractivity (Wildman–Crippen MR) is 247 cm³/mol. The van der Waals surface area contributed by atoms with Crippen molar-refractivity contribution in [3.8, 4) is 50.8 Å². The topological polar surface area (TPSA) is 38.0 Å². The molecule has 0 fully saturated rings. The number of benzene rings is 8. The number of aryl methyl sites for hydroxylation is 2. The highest BCUT2D eigenvalue weighted by Crippen LogP contribution is 2.46. The lowest BCUT2D eigenvalue weighted by Crippen LogP contribution is -2.12. The van der Waals surface area contributed by atoms with E-state index in [2.05, 4.69) is 17.0 Å². The summed E-state index contributed by atoms with van der Waals surface area (Å²) < 4.78 is 131. The summed E-state index contributed by atoms with van der Waals surface area (Å²) in [7, 11) is 0. The van der Waals surface area contributed by atoms with Crippen LogP contribution in [0.3, 0.4) is 0 Å². The molecule has 10 rings (SSSR count). The summed E-state index contributed by atoms with van der Waals surface area (Å²) >= 11 is 0. The second-order valence-electron chi connectivity index (χ2n) is 16.6. The minimum Gasteiger partial charge on any atom is -0.308 e. The standard InChI is InChI=1S/C55H31F9N4/c1-30-12-17-37(31(2)22-30)32-13-18-42-40-8-4-6-10-47(40)67(49(42)23-32)51-25-34(39-21-16-36(54(59,60)61)28-46(39)66-3)26-52(44(51)29-65)68-48-11-7-5-9-41(48)43-19-14-33(24-50(43)68)38-20-15-35(53(56,57)58)27-45(38)55(62,63)64/h4-28H,1-2H3. The van der Waals surface area contributed by atoms with Gasteiger partial charge in [0, 0.05) is 27.1 Å². The highest BCUT2D eigenvalue weighted by Gasteiger charge is 2.39. The van der Waals surface area contributed by atoms with E-state index in [4.69, 9.17) is 6.57 Å². The van der Waals surface area contributed by atoms with Gasteiger partial charge >= 0.3 is 18.5 Å². The van der Waals surface area contributed by atoms with Crippen LogP contribution < -0.4 is 0 Å². The maximum absolute atomic E-state index is 14.6. The van der Waals surface area contributed by atoms with Gasteiger partial charge in [-0.2, -0.15) is 44.8 Å². The van der Waals surface area contributed by atoms with Gasteiger partial charge in [0.05, 0.1) is 51.1 Å². The molecule has 0 N–H and O–H groups in total. The number of nitriles is 1. The molecule has 0 amide bonds. The third-order valence-corrected chi connectivity index (χ3v) is 12.5. The molecule has 0 aliphatic rings. The maximum atomic E-state index is 14.6. The Morgan fingerprint density at radius 2 is 0.956 bits per heavy atom. The average Bonchev–Trinajstić information content (AvgIpc) is 3.81. The minimum absolute atomic E-state index is 0.0585. The number of para-hydroxylation sites is 2. The van der Waals surface area contributed by atoms with E-state index in [0.717, 1.165) is 51.2 Å². The molecule has 4 nitrogen and oxygen atoms in total. The largest absolute Gasteiger partial charge is 0.417 e. The molecule has 0 radical (unpaired) electrons. The first-order chi connectivity index (χ1) is 32.3. The Hall–Kier alpha value is -8.29. The number of aromatic nitrogens is 2. The first-order valence-corrected chi connectivity index (χ1v) is 21.0. The monoisotopic (exact) mass is 918 g/mol. The molecule has 2 aromatic heterocycles. The molecule has 0 spiro atoms. The lowest BCUT2D eigenvalue weighted by atomic mass is 9.95. The number of hydrogen-bond donors (Lipinski definition) is 0. The van der Waals surface area contributed by atoms with Crippen molar-refractivity contribution in [2.24, 2.45) is 0 Å². The van der Waals surface area contributed by atoms with Gasteiger partial charge < -0.3 is 9.13 Å². The van der Waals surface area contributed by atoms with E-state index in [1.807, 2.05) is 73.0 Å². The van der Waals surface area contributed by atoms with Gasteiger partial charge in [-0.05, 0) is 107 Å². The van der Waals surface area contributed by atoms with Crippen molar-refractivity contribution in [1.82, 2.24) is 9.13 Å². The van der Waals surface area contributed by atoms with Crippen molar-refractivity contribution in [2.75, 3.05) is 0 Å². The van der Waals surface area contributed by atoms with Crippen LogP contribution in [0.4, 0.5) is 45.2 Å².